The summed E-state index contributed by atoms with van der Waals surface area (Å²) in [5, 5.41) is 0. The molecule has 0 saturated heterocycles. The van der Waals surface area contributed by atoms with Crippen LogP contribution in [0.3, 0.4) is 0 Å². The molecule has 12 heavy (non-hydrogen) atoms. The normalized spacial score (nSPS) is 12.6. The van der Waals surface area contributed by atoms with E-state index in [-0.39, 0.29) is 11.7 Å². The second kappa shape index (κ2) is 3.53. The van der Waals surface area contributed by atoms with E-state index in [1.54, 1.807) is 19.1 Å². The summed E-state index contributed by atoms with van der Waals surface area (Å²) in [7, 11) is 0. The highest BCUT2D eigenvalue weighted by molar-refractivity contribution is 5.33. The van der Waals surface area contributed by atoms with Gasteiger partial charge in [0.05, 0.1) is 0 Å². The van der Waals surface area contributed by atoms with Gasteiger partial charge < -0.3 is 0 Å². The molecule has 0 amide bonds. The number of halogens is 1. The molecule has 1 rings (SSSR count). The first-order valence-corrected chi connectivity index (χ1v) is 3.87. The van der Waals surface area contributed by atoms with E-state index in [4.69, 9.17) is 0 Å². The molecule has 63 valence electrons. The van der Waals surface area contributed by atoms with Gasteiger partial charge in [0.25, 0.3) is 0 Å². The first-order valence-electron chi connectivity index (χ1n) is 3.87. The molecule has 1 aromatic carbocycles. The molecule has 0 N–H and O–H groups in total. The van der Waals surface area contributed by atoms with Crippen molar-refractivity contribution in [2.75, 3.05) is 0 Å². The van der Waals surface area contributed by atoms with Gasteiger partial charge in [0.2, 0.25) is 0 Å². The Hall–Kier alpha value is -1.11. The van der Waals surface area contributed by atoms with Gasteiger partial charge in [-0.1, -0.05) is 18.2 Å². The fraction of sp³-hybridized carbons (Fsp3) is 0.182. The number of allylic oxidation sites excluding steroid dienone is 1. The molecule has 1 heteroatoms. The van der Waals surface area contributed by atoms with Crippen molar-refractivity contribution in [3.8, 4) is 0 Å². The third kappa shape index (κ3) is 1.55. The maximum Gasteiger partial charge on any atom is 0.126 e. The minimum absolute atomic E-state index is 0.0271. The zero-order valence-corrected chi connectivity index (χ0v) is 7.18. The van der Waals surface area contributed by atoms with Crippen molar-refractivity contribution in [3.63, 3.8) is 0 Å². The second-order valence-corrected chi connectivity index (χ2v) is 2.80. The third-order valence-electron chi connectivity index (χ3n) is 1.99. The Morgan fingerprint density at radius 1 is 1.50 bits per heavy atom. The third-order valence-corrected chi connectivity index (χ3v) is 1.99. The highest BCUT2D eigenvalue weighted by Gasteiger charge is 2.06. The molecule has 1 aromatic rings. The van der Waals surface area contributed by atoms with Gasteiger partial charge in [-0.2, -0.15) is 0 Å². The highest BCUT2D eigenvalue weighted by atomic mass is 19.1. The quantitative estimate of drug-likeness (QED) is 0.587. The zero-order valence-electron chi connectivity index (χ0n) is 7.18. The van der Waals surface area contributed by atoms with Crippen LogP contribution >= 0.6 is 0 Å². The monoisotopic (exact) mass is 163 g/mol. The van der Waals surface area contributed by atoms with Crippen LogP contribution < -0.4 is 0 Å². The minimum atomic E-state index is -0.178. The lowest BCUT2D eigenvalue weighted by Gasteiger charge is -2.09. The molecular weight excluding hydrogens is 151 g/mol. The van der Waals surface area contributed by atoms with Crippen LogP contribution in [0, 0.1) is 19.7 Å². The molecule has 0 aliphatic heterocycles. The summed E-state index contributed by atoms with van der Waals surface area (Å²) in [6, 6.07) is 5.02. The molecule has 0 bridgehead atoms. The number of hydrogen-bond donors (Lipinski definition) is 0. The van der Waals surface area contributed by atoms with Crippen molar-refractivity contribution in [2.24, 2.45) is 0 Å². The first-order chi connectivity index (χ1) is 5.66. The fourth-order valence-corrected chi connectivity index (χ4v) is 1.15. The van der Waals surface area contributed by atoms with Crippen molar-refractivity contribution < 1.29 is 4.39 Å². The van der Waals surface area contributed by atoms with Crippen LogP contribution in [0.1, 0.15) is 17.0 Å². The molecule has 1 radical (unpaired) electrons. The minimum Gasteiger partial charge on any atom is -0.207 e. The second-order valence-electron chi connectivity index (χ2n) is 2.80. The van der Waals surface area contributed by atoms with E-state index < -0.39 is 0 Å². The summed E-state index contributed by atoms with van der Waals surface area (Å²) in [5.41, 5.74) is 1.57. The van der Waals surface area contributed by atoms with E-state index in [2.05, 4.69) is 13.5 Å². The first kappa shape index (κ1) is 8.98. The molecule has 0 saturated carbocycles. The zero-order chi connectivity index (χ0) is 9.14. The molecule has 0 aliphatic rings. The average molecular weight is 163 g/mol. The van der Waals surface area contributed by atoms with Crippen molar-refractivity contribution in [1.82, 2.24) is 0 Å². The van der Waals surface area contributed by atoms with Crippen LogP contribution in [0.25, 0.3) is 0 Å². The lowest BCUT2D eigenvalue weighted by atomic mass is 9.96. The van der Waals surface area contributed by atoms with Crippen LogP contribution in [-0.2, 0) is 0 Å². The summed E-state index contributed by atoms with van der Waals surface area (Å²) in [6.07, 6.45) is 1.71. The van der Waals surface area contributed by atoms with Gasteiger partial charge in [-0.15, -0.1) is 6.58 Å². The fourth-order valence-electron chi connectivity index (χ4n) is 1.15. The Morgan fingerprint density at radius 2 is 2.17 bits per heavy atom. The van der Waals surface area contributed by atoms with Crippen LogP contribution in [-0.4, -0.2) is 0 Å². The Balaban J connectivity index is 3.15. The van der Waals surface area contributed by atoms with Gasteiger partial charge in [0.1, 0.15) is 5.82 Å². The molecule has 0 aromatic heterocycles. The van der Waals surface area contributed by atoms with E-state index in [1.807, 2.05) is 6.07 Å². The van der Waals surface area contributed by atoms with Gasteiger partial charge in [-0.3, -0.25) is 0 Å². The molecule has 0 heterocycles. The Labute approximate surface area is 72.7 Å². The van der Waals surface area contributed by atoms with Gasteiger partial charge >= 0.3 is 0 Å². The van der Waals surface area contributed by atoms with Crippen molar-refractivity contribution in [3.05, 3.63) is 54.7 Å². The number of hydrogen-bond acceptors (Lipinski definition) is 0. The lowest BCUT2D eigenvalue weighted by molar-refractivity contribution is 0.615. The summed E-state index contributed by atoms with van der Waals surface area (Å²) in [6.45, 7) is 9.22. The van der Waals surface area contributed by atoms with Crippen molar-refractivity contribution in [1.29, 1.82) is 0 Å². The predicted octanol–water partition coefficient (Wildman–Crippen LogP) is 3.24. The molecule has 0 aliphatic carbocycles. The van der Waals surface area contributed by atoms with Gasteiger partial charge in [-0.05, 0) is 31.0 Å². The van der Waals surface area contributed by atoms with E-state index in [9.17, 15) is 4.39 Å². The van der Waals surface area contributed by atoms with Crippen molar-refractivity contribution >= 4 is 0 Å². The molecule has 0 fully saturated rings. The van der Waals surface area contributed by atoms with Crippen LogP contribution in [0.15, 0.2) is 30.9 Å². The van der Waals surface area contributed by atoms with Gasteiger partial charge in [-0.25, -0.2) is 4.39 Å². The molecule has 1 unspecified atom stereocenters. The van der Waals surface area contributed by atoms with Crippen LogP contribution in [0.2, 0.25) is 0 Å². The maximum absolute atomic E-state index is 13.0. The van der Waals surface area contributed by atoms with Crippen molar-refractivity contribution in [2.45, 2.75) is 12.8 Å². The van der Waals surface area contributed by atoms with Crippen LogP contribution in [0.4, 0.5) is 4.39 Å². The smallest absolute Gasteiger partial charge is 0.126 e. The molecule has 0 spiro atoms. The SMILES string of the molecule is [CH2]C(C=C)c1cccc(F)c1C. The predicted molar refractivity (Wildman–Crippen MR) is 49.4 cm³/mol. The Morgan fingerprint density at radius 3 is 2.75 bits per heavy atom. The largest absolute Gasteiger partial charge is 0.207 e. The van der Waals surface area contributed by atoms with E-state index in [0.717, 1.165) is 5.56 Å². The molecule has 0 nitrogen and oxygen atoms in total. The van der Waals surface area contributed by atoms with Gasteiger partial charge in [0, 0.05) is 5.92 Å². The molecular formula is C11H12F. The van der Waals surface area contributed by atoms with E-state index >= 15 is 0 Å². The highest BCUT2D eigenvalue weighted by Crippen LogP contribution is 2.21. The summed E-state index contributed by atoms with van der Waals surface area (Å²) < 4.78 is 13.0. The molecule has 1 atom stereocenters. The number of rotatable bonds is 2. The van der Waals surface area contributed by atoms with Gasteiger partial charge in [0.15, 0.2) is 0 Å². The summed E-state index contributed by atoms with van der Waals surface area (Å²) in [4.78, 5) is 0. The summed E-state index contributed by atoms with van der Waals surface area (Å²) >= 11 is 0. The average Bonchev–Trinajstić information content (AvgIpc) is 2.08. The standard InChI is InChI=1S/C11H12F/c1-4-8(2)10-6-5-7-11(12)9(10)3/h4-8H,1-2H2,3H3. The Bertz CT molecular complexity index is 289. The topological polar surface area (TPSA) is 0 Å². The van der Waals surface area contributed by atoms with E-state index in [1.165, 1.54) is 6.07 Å². The van der Waals surface area contributed by atoms with E-state index in [0.29, 0.717) is 5.56 Å². The van der Waals surface area contributed by atoms with Crippen LogP contribution in [0.5, 0.6) is 0 Å². The summed E-state index contributed by atoms with van der Waals surface area (Å²) in [5.74, 6) is -0.205. The number of benzene rings is 1. The lowest BCUT2D eigenvalue weighted by Crippen LogP contribution is -1.95. The Kier molecular flexibility index (Phi) is 2.64. The maximum atomic E-state index is 13.0.